The van der Waals surface area contributed by atoms with Crippen molar-refractivity contribution in [2.45, 2.75) is 87.5 Å². The van der Waals surface area contributed by atoms with E-state index in [0.717, 1.165) is 48.5 Å². The van der Waals surface area contributed by atoms with Crippen LogP contribution >= 0.6 is 0 Å². The van der Waals surface area contributed by atoms with Crippen molar-refractivity contribution in [3.63, 3.8) is 0 Å². The molecule has 2 atom stereocenters. The van der Waals surface area contributed by atoms with Crippen LogP contribution in [0.3, 0.4) is 0 Å². The van der Waals surface area contributed by atoms with Crippen LogP contribution in [-0.4, -0.2) is 130 Å². The number of alkyl halides is 18. The van der Waals surface area contributed by atoms with Gasteiger partial charge >= 0.3 is 117 Å². The smallest absolute Gasteiger partial charge is 0.406 e. The molecule has 4 N–H and O–H groups in total. The van der Waals surface area contributed by atoms with Crippen molar-refractivity contribution in [2.75, 3.05) is 26.2 Å². The first-order valence-corrected chi connectivity index (χ1v) is 28.3. The maximum Gasteiger partial charge on any atom is 3.00 e. The van der Waals surface area contributed by atoms with E-state index < -0.39 is 149 Å². The van der Waals surface area contributed by atoms with Crippen LogP contribution in [0.4, 0.5) is 119 Å². The standard InChI is InChI=1S/C24H21F9N2O4.C21H18F6N2O3.C3H3F3O.3CF3.3O3S.Yb/c1-14-8-17(35-39-14)11-21(13-34-12-20(36)22(25,26)27,15-4-2-6-18(9-15)37-23(28,29)30)16-5-3-7-19(10-16)38-24(31,32)33;1-13-8-16(29-32-13)11-19(12-28,14-4-2-6-17(9-14)30-20(22,23)24)15-5-3-7-18(10-15)31-21(25,26)27;4-3(5,6)2-1-7-2;3*2-1(3)4;3*1-4(2)3;/h2-10,20,34,36H,11-13H2,1H3;2-10H,11-12,28H2,1H3;2H,1H2;;;;;;;/q;;;3*-1;;;;+3/t20-;;;;;;;;;/m0........./s1. The minimum absolute atomic E-state index is 0. The molecule has 0 amide bonds. The van der Waals surface area contributed by atoms with E-state index in [1.54, 1.807) is 13.0 Å². The van der Waals surface area contributed by atoms with Gasteiger partial charge in [-0.1, -0.05) is 58.8 Å². The zero-order chi connectivity index (χ0) is 79.6. The Balaban J connectivity index is -0.00000137. The van der Waals surface area contributed by atoms with E-state index in [1.807, 2.05) is 0 Å². The molecule has 0 spiro atoms. The van der Waals surface area contributed by atoms with E-state index in [9.17, 15) is 124 Å². The van der Waals surface area contributed by atoms with Crippen LogP contribution in [-0.2, 0) is 60.2 Å². The molecule has 0 bridgehead atoms. The van der Waals surface area contributed by atoms with Gasteiger partial charge in [0.2, 0.25) is 0 Å². The molecule has 1 saturated heterocycles. The molecule has 2 aromatic heterocycles. The summed E-state index contributed by atoms with van der Waals surface area (Å²) in [7, 11) is -9.33. The predicted octanol–water partition coefficient (Wildman–Crippen LogP) is 13.1. The number of nitrogens with zero attached hydrogens (tertiary/aromatic N) is 2. The van der Waals surface area contributed by atoms with E-state index in [-0.39, 0.29) is 101 Å². The zero-order valence-electron chi connectivity index (χ0n) is 49.9. The number of benzene rings is 4. The summed E-state index contributed by atoms with van der Waals surface area (Å²) < 4.78 is 419. The average Bonchev–Trinajstić information content (AvgIpc) is 1.77. The van der Waals surface area contributed by atoms with Gasteiger partial charge in [-0.2, -0.15) is 26.3 Å². The van der Waals surface area contributed by atoms with Gasteiger partial charge in [-0.25, -0.2) is 0 Å². The van der Waals surface area contributed by atoms with E-state index in [0.29, 0.717) is 17.2 Å². The molecule has 1 unspecified atom stereocenters. The third kappa shape index (κ3) is 48.5. The van der Waals surface area contributed by atoms with Gasteiger partial charge in [-0.15, -0.1) is 90.6 Å². The first-order chi connectivity index (χ1) is 46.4. The molecule has 589 valence electrons. The number of halogens is 27. The summed E-state index contributed by atoms with van der Waals surface area (Å²) in [6.45, 7) is -7.92. The number of epoxide rings is 1. The molecule has 1 fully saturated rings. The molecule has 103 heavy (non-hydrogen) atoms. The van der Waals surface area contributed by atoms with Crippen molar-refractivity contribution in [2.24, 2.45) is 5.73 Å². The molecule has 21 nitrogen and oxygen atoms in total. The number of aliphatic hydroxyl groups excluding tert-OH is 1. The number of nitrogens with two attached hydrogens (primary N) is 1. The SMILES string of the molecule is Cc1cc(CC(CN)(c2cccc(OC(F)(F)F)c2)c2cccc(OC(F)(F)F)c2)no1.Cc1cc(CC(CNC[C@H](O)C(F)(F)F)(c2cccc(OC(F)(F)F)c2)c2cccc(OC(F)(F)F)c2)no1.FC(F)(F)C1CO1.F[C-](F)F.F[C-](F)F.F[C-](F)F.O=S(=O)=O.O=S(=O)=O.O=S(=O)=O.[Yb+3]. The number of rotatable bonds is 17. The van der Waals surface area contributed by atoms with Crippen LogP contribution in [0.25, 0.3) is 0 Å². The van der Waals surface area contributed by atoms with Crippen LogP contribution < -0.4 is 30.0 Å². The van der Waals surface area contributed by atoms with E-state index >= 15 is 0 Å². The Morgan fingerprint density at radius 2 is 0.728 bits per heavy atom. The molecule has 1 aliphatic rings. The zero-order valence-corrected chi connectivity index (χ0v) is 54.1. The molecule has 1 aliphatic heterocycles. The van der Waals surface area contributed by atoms with Gasteiger partial charge in [-0.3, -0.25) is 0 Å². The Hall–Kier alpha value is -7.17. The summed E-state index contributed by atoms with van der Waals surface area (Å²) in [5, 5.41) is 19.6. The molecule has 4 aromatic carbocycles. The monoisotopic (exact) mass is 1770 g/mol. The molecule has 7 rings (SSSR count). The molecular weight excluding hydrogens is 1720 g/mol. The molecular formula is C51H42F27N4O17S3Yb. The largest absolute Gasteiger partial charge is 3.00 e. The van der Waals surface area contributed by atoms with Gasteiger partial charge in [0.25, 0.3) is 0 Å². The van der Waals surface area contributed by atoms with Crippen LogP contribution in [0.2, 0.25) is 0 Å². The van der Waals surface area contributed by atoms with Crippen LogP contribution in [0, 0.1) is 80.8 Å². The second-order valence-corrected chi connectivity index (χ2v) is 19.4. The van der Waals surface area contributed by atoms with Crippen molar-refractivity contribution >= 4 is 31.8 Å². The third-order valence-corrected chi connectivity index (χ3v) is 11.0. The summed E-state index contributed by atoms with van der Waals surface area (Å²) in [5.74, 6) is -1.55. The van der Waals surface area contributed by atoms with Crippen LogP contribution in [0.1, 0.15) is 45.2 Å². The summed E-state index contributed by atoms with van der Waals surface area (Å²) in [5.41, 5.74) is 4.37. The fourth-order valence-corrected chi connectivity index (χ4v) is 7.68. The average molecular weight is 1770 g/mol. The van der Waals surface area contributed by atoms with Gasteiger partial charge in [-0.05, 0) is 84.6 Å². The Morgan fingerprint density at radius 1 is 0.485 bits per heavy atom. The van der Waals surface area contributed by atoms with Crippen molar-refractivity contribution in [3.05, 3.63) is 174 Å². The summed E-state index contributed by atoms with van der Waals surface area (Å²) in [4.78, 5) is 0. The fraction of sp³-hybridized carbons (Fsp3) is 0.353. The number of nitrogens with one attached hydrogen (secondary N) is 1. The molecule has 6 aromatic rings. The number of aromatic nitrogens is 2. The van der Waals surface area contributed by atoms with E-state index in [1.165, 1.54) is 61.5 Å². The minimum atomic E-state index is -5.08. The van der Waals surface area contributed by atoms with Gasteiger partial charge in [0.05, 0.1) is 18.0 Å². The summed E-state index contributed by atoms with van der Waals surface area (Å²) >= 11 is 0. The Kier molecular flexibility index (Phi) is 44.6. The van der Waals surface area contributed by atoms with Gasteiger partial charge in [0.15, 0.2) is 32.2 Å². The number of hydrogen-bond acceptors (Lipinski definition) is 21. The maximum atomic E-state index is 12.9. The van der Waals surface area contributed by atoms with Crippen LogP contribution in [0.5, 0.6) is 23.0 Å². The number of aliphatic hydroxyl groups is 1. The van der Waals surface area contributed by atoms with Crippen molar-refractivity contribution < 1.29 is 241 Å². The number of aryl methyl sites for hydroxylation is 2. The summed E-state index contributed by atoms with van der Waals surface area (Å²) in [6.07, 6.45) is -33.6. The van der Waals surface area contributed by atoms with Crippen molar-refractivity contribution in [1.82, 2.24) is 15.6 Å². The normalized spacial score (nSPS) is 13.0. The fourth-order valence-electron chi connectivity index (χ4n) is 7.68. The molecule has 0 saturated carbocycles. The van der Waals surface area contributed by atoms with Gasteiger partial charge in [0.1, 0.15) is 34.5 Å². The Bertz CT molecular complexity index is 3560. The minimum Gasteiger partial charge on any atom is -0.406 e. The first-order valence-electron chi connectivity index (χ1n) is 25.3. The molecule has 0 aliphatic carbocycles. The maximum absolute atomic E-state index is 12.9. The molecule has 1 radical (unpaired) electrons. The van der Waals surface area contributed by atoms with Crippen LogP contribution in [0.15, 0.2) is 118 Å². The first kappa shape index (κ1) is 100. The molecule has 3 heterocycles. The van der Waals surface area contributed by atoms with Gasteiger partial charge in [0, 0.05) is 55.4 Å². The molecule has 52 heteroatoms. The Labute approximate surface area is 602 Å². The predicted molar refractivity (Wildman–Crippen MR) is 283 cm³/mol. The second kappa shape index (κ2) is 45.9. The topological polar surface area (TPSA) is 313 Å². The summed E-state index contributed by atoms with van der Waals surface area (Å²) in [6, 6.07) is 22.2. The van der Waals surface area contributed by atoms with E-state index in [4.69, 9.17) is 52.7 Å². The van der Waals surface area contributed by atoms with Gasteiger partial charge < -0.3 is 88.4 Å². The number of hydrogen-bond donors (Lipinski definition) is 3. The quantitative estimate of drug-likeness (QED) is 0.0434. The van der Waals surface area contributed by atoms with Crippen molar-refractivity contribution in [1.29, 1.82) is 0 Å². The second-order valence-electron chi connectivity index (χ2n) is 18.2. The van der Waals surface area contributed by atoms with Crippen molar-refractivity contribution in [3.8, 4) is 23.0 Å². The third-order valence-electron chi connectivity index (χ3n) is 11.0. The van der Waals surface area contributed by atoms with E-state index in [2.05, 4.69) is 39.3 Å². The Morgan fingerprint density at radius 3 is 0.913 bits per heavy atom. The number of ether oxygens (including phenoxy) is 5.